The Morgan fingerprint density at radius 3 is 2.24 bits per heavy atom. The van der Waals surface area contributed by atoms with E-state index < -0.39 is 0 Å². The molecule has 2 N–H and O–H groups in total. The zero-order valence-electron chi connectivity index (χ0n) is 16.2. The maximum absolute atomic E-state index is 13.0. The first-order valence-electron chi connectivity index (χ1n) is 10.3. The largest absolute Gasteiger partial charge is 0.346 e. The Kier molecular flexibility index (Phi) is 4.39. The van der Waals surface area contributed by atoms with Gasteiger partial charge in [0, 0.05) is 27.9 Å². The summed E-state index contributed by atoms with van der Waals surface area (Å²) in [5.41, 5.74) is 0.501. The third kappa shape index (κ3) is 3.52. The van der Waals surface area contributed by atoms with Gasteiger partial charge in [0.25, 0.3) is 11.8 Å². The molecule has 150 valence electrons. The summed E-state index contributed by atoms with van der Waals surface area (Å²) in [7, 11) is 0. The number of carbonyl (C=O) groups excluding carboxylic acids is 2. The van der Waals surface area contributed by atoms with Crippen LogP contribution >= 0.6 is 11.6 Å². The number of hydrogen-bond acceptors (Lipinski definition) is 3. The minimum Gasteiger partial charge on any atom is -0.346 e. The van der Waals surface area contributed by atoms with Gasteiger partial charge in [0.05, 0.1) is 0 Å². The fourth-order valence-electron chi connectivity index (χ4n) is 6.30. The molecule has 1 heterocycles. The van der Waals surface area contributed by atoms with Crippen LogP contribution in [0.4, 0.5) is 0 Å². The lowest BCUT2D eigenvalue weighted by Gasteiger charge is -2.62. The molecule has 0 aliphatic heterocycles. The molecule has 2 unspecified atom stereocenters. The highest BCUT2D eigenvalue weighted by Gasteiger charge is 2.58. The Bertz CT molecular complexity index is 948. The lowest BCUT2D eigenvalue weighted by atomic mass is 9.49. The van der Waals surface area contributed by atoms with E-state index in [1.54, 1.807) is 36.5 Å². The molecule has 4 saturated carbocycles. The minimum absolute atomic E-state index is 0.0827. The second kappa shape index (κ2) is 6.84. The van der Waals surface area contributed by atoms with E-state index in [9.17, 15) is 9.59 Å². The van der Waals surface area contributed by atoms with E-state index in [1.807, 2.05) is 12.1 Å². The smallest absolute Gasteiger partial charge is 0.270 e. The summed E-state index contributed by atoms with van der Waals surface area (Å²) in [6.45, 7) is 0. The summed E-state index contributed by atoms with van der Waals surface area (Å²) in [4.78, 5) is 30.0. The number of hydrogen-bond donors (Lipinski definition) is 2. The molecule has 5 nitrogen and oxygen atoms in total. The quantitative estimate of drug-likeness (QED) is 0.802. The molecule has 6 rings (SSSR count). The highest BCUT2D eigenvalue weighted by Crippen LogP contribution is 2.57. The maximum atomic E-state index is 13.0. The average molecular weight is 410 g/mol. The summed E-state index contributed by atoms with van der Waals surface area (Å²) in [6, 6.07) is 12.4. The summed E-state index contributed by atoms with van der Waals surface area (Å²) in [5, 5.41) is 7.21. The first-order chi connectivity index (χ1) is 13.9. The number of rotatable bonds is 4. The van der Waals surface area contributed by atoms with Gasteiger partial charge in [0.2, 0.25) is 0 Å². The van der Waals surface area contributed by atoms with Crippen LogP contribution in [0.15, 0.2) is 48.7 Å². The van der Waals surface area contributed by atoms with E-state index in [0.29, 0.717) is 28.1 Å². The number of amides is 2. The Labute approximate surface area is 175 Å². The van der Waals surface area contributed by atoms with Crippen molar-refractivity contribution in [3.05, 3.63) is 64.9 Å². The second-order valence-electron chi connectivity index (χ2n) is 9.16. The van der Waals surface area contributed by atoms with E-state index in [2.05, 4.69) is 15.6 Å². The van der Waals surface area contributed by atoms with Gasteiger partial charge in [0.1, 0.15) is 5.69 Å². The molecule has 0 radical (unpaired) electrons. The van der Waals surface area contributed by atoms with Crippen LogP contribution in [0.1, 0.15) is 59.4 Å². The van der Waals surface area contributed by atoms with E-state index >= 15 is 0 Å². The molecule has 4 aliphatic carbocycles. The number of halogens is 1. The van der Waals surface area contributed by atoms with Gasteiger partial charge < -0.3 is 10.6 Å². The fraction of sp³-hybridized carbons (Fsp3) is 0.435. The van der Waals surface area contributed by atoms with Gasteiger partial charge >= 0.3 is 0 Å². The molecule has 1 aromatic heterocycles. The molecular formula is C23H24ClN3O2. The van der Waals surface area contributed by atoms with Crippen LogP contribution in [-0.2, 0) is 0 Å². The van der Waals surface area contributed by atoms with Crippen LogP contribution in [0, 0.1) is 11.8 Å². The number of aromatic nitrogens is 1. The number of carbonyl (C=O) groups is 2. The summed E-state index contributed by atoms with van der Waals surface area (Å²) < 4.78 is 0. The standard InChI is InChI=1S/C23H24ClN3O2/c24-18-5-3-4-17(9-18)20(28)26-22-10-15-8-16(11-22)13-23(12-15,14-22)27-21(29)19-6-1-2-7-25-19/h1-7,9,15-16H,8,10-14H2,(H,26,28)(H,27,29). The van der Waals surface area contributed by atoms with Crippen LogP contribution < -0.4 is 10.6 Å². The molecule has 4 fully saturated rings. The average Bonchev–Trinajstić information content (AvgIpc) is 2.67. The van der Waals surface area contributed by atoms with Crippen molar-refractivity contribution in [3.63, 3.8) is 0 Å². The number of benzene rings is 1. The molecule has 0 saturated heterocycles. The molecule has 4 bridgehead atoms. The molecule has 6 heteroatoms. The van der Waals surface area contributed by atoms with Gasteiger partial charge in [0.15, 0.2) is 0 Å². The van der Waals surface area contributed by atoms with E-state index in [1.165, 1.54) is 6.42 Å². The molecule has 0 spiro atoms. The maximum Gasteiger partial charge on any atom is 0.270 e. The van der Waals surface area contributed by atoms with Gasteiger partial charge in [-0.1, -0.05) is 23.7 Å². The molecule has 2 atom stereocenters. The van der Waals surface area contributed by atoms with Crippen molar-refractivity contribution in [1.29, 1.82) is 0 Å². The highest BCUT2D eigenvalue weighted by molar-refractivity contribution is 6.30. The number of nitrogens with zero attached hydrogens (tertiary/aromatic N) is 1. The summed E-state index contributed by atoms with van der Waals surface area (Å²) >= 11 is 6.07. The molecule has 2 amide bonds. The highest BCUT2D eigenvalue weighted by atomic mass is 35.5. The lowest BCUT2D eigenvalue weighted by Crippen LogP contribution is -2.69. The Morgan fingerprint density at radius 1 is 0.931 bits per heavy atom. The lowest BCUT2D eigenvalue weighted by molar-refractivity contribution is -0.0448. The molecular weight excluding hydrogens is 386 g/mol. The van der Waals surface area contributed by atoms with E-state index in [4.69, 9.17) is 11.6 Å². The van der Waals surface area contributed by atoms with Gasteiger partial charge in [-0.15, -0.1) is 0 Å². The second-order valence-corrected chi connectivity index (χ2v) is 9.59. The van der Waals surface area contributed by atoms with Crippen LogP contribution in [0.5, 0.6) is 0 Å². The monoisotopic (exact) mass is 409 g/mol. The molecule has 4 aliphatic rings. The van der Waals surface area contributed by atoms with Gasteiger partial charge in [-0.3, -0.25) is 14.6 Å². The van der Waals surface area contributed by atoms with E-state index in [0.717, 1.165) is 32.1 Å². The molecule has 29 heavy (non-hydrogen) atoms. The van der Waals surface area contributed by atoms with Gasteiger partial charge in [-0.05, 0) is 80.7 Å². The normalized spacial score (nSPS) is 32.0. The van der Waals surface area contributed by atoms with Crippen LogP contribution in [-0.4, -0.2) is 27.9 Å². The van der Waals surface area contributed by atoms with Gasteiger partial charge in [-0.25, -0.2) is 0 Å². The third-order valence-corrected chi connectivity index (χ3v) is 7.04. The predicted molar refractivity (Wildman–Crippen MR) is 111 cm³/mol. The fourth-order valence-corrected chi connectivity index (χ4v) is 6.49. The van der Waals surface area contributed by atoms with Crippen molar-refractivity contribution in [2.24, 2.45) is 11.8 Å². The van der Waals surface area contributed by atoms with Crippen LogP contribution in [0.25, 0.3) is 0 Å². The predicted octanol–water partition coefficient (Wildman–Crippen LogP) is 3.99. The minimum atomic E-state index is -0.264. The number of pyridine rings is 1. The van der Waals surface area contributed by atoms with Crippen molar-refractivity contribution in [2.45, 2.75) is 49.6 Å². The summed E-state index contributed by atoms with van der Waals surface area (Å²) in [5.74, 6) is 0.851. The van der Waals surface area contributed by atoms with Gasteiger partial charge in [-0.2, -0.15) is 0 Å². The Balaban J connectivity index is 1.38. The van der Waals surface area contributed by atoms with E-state index in [-0.39, 0.29) is 22.9 Å². The van der Waals surface area contributed by atoms with Crippen molar-refractivity contribution < 1.29 is 9.59 Å². The van der Waals surface area contributed by atoms with Crippen LogP contribution in [0.2, 0.25) is 5.02 Å². The molecule has 2 aromatic rings. The van der Waals surface area contributed by atoms with Crippen molar-refractivity contribution >= 4 is 23.4 Å². The van der Waals surface area contributed by atoms with Crippen LogP contribution in [0.3, 0.4) is 0 Å². The number of nitrogens with one attached hydrogen (secondary N) is 2. The zero-order valence-corrected chi connectivity index (χ0v) is 16.9. The Morgan fingerprint density at radius 2 is 1.62 bits per heavy atom. The SMILES string of the molecule is O=C(NC12CC3CC(C1)CC(NC(=O)c1ccccn1)(C3)C2)c1cccc(Cl)c1. The first-order valence-corrected chi connectivity index (χ1v) is 10.6. The topological polar surface area (TPSA) is 71.1 Å². The van der Waals surface area contributed by atoms with Crippen molar-refractivity contribution in [2.75, 3.05) is 0 Å². The zero-order chi connectivity index (χ0) is 20.1. The Hall–Kier alpha value is -2.40. The summed E-state index contributed by atoms with van der Waals surface area (Å²) in [6.07, 6.45) is 7.54. The van der Waals surface area contributed by atoms with Crippen molar-refractivity contribution in [1.82, 2.24) is 15.6 Å². The van der Waals surface area contributed by atoms with Crippen molar-refractivity contribution in [3.8, 4) is 0 Å². The first kappa shape index (κ1) is 18.6. The third-order valence-electron chi connectivity index (χ3n) is 6.80. The molecule has 1 aromatic carbocycles.